The van der Waals surface area contributed by atoms with Crippen LogP contribution in [-0.4, -0.2) is 60.4 Å². The van der Waals surface area contributed by atoms with Gasteiger partial charge in [-0.3, -0.25) is 19.2 Å². The van der Waals surface area contributed by atoms with E-state index >= 15 is 0 Å². The highest BCUT2D eigenvalue weighted by atomic mass is 16.6. The van der Waals surface area contributed by atoms with Crippen LogP contribution in [0.3, 0.4) is 0 Å². The lowest BCUT2D eigenvalue weighted by Gasteiger charge is -2.27. The highest BCUT2D eigenvalue weighted by Crippen LogP contribution is 2.18. The molecule has 0 N–H and O–H groups in total. The van der Waals surface area contributed by atoms with Gasteiger partial charge in [-0.05, 0) is 25.2 Å². The SMILES string of the molecule is CC(=O)O[C@H](/C=C\[C@@H]1OC(=O)C=C[C@@H]1OC(C)=O)C[C@@H](OC(C)=O)[C@H](C)OC(C)=O. The zero-order chi connectivity index (χ0) is 22.8. The van der Waals surface area contributed by atoms with E-state index in [0.717, 1.165) is 6.08 Å². The molecule has 1 aliphatic heterocycles. The predicted molar refractivity (Wildman–Crippen MR) is 101 cm³/mol. The van der Waals surface area contributed by atoms with Crippen molar-refractivity contribution in [3.8, 4) is 0 Å². The van der Waals surface area contributed by atoms with E-state index in [2.05, 4.69) is 0 Å². The number of hydrogen-bond donors (Lipinski definition) is 0. The Morgan fingerprint density at radius 3 is 2.13 bits per heavy atom. The van der Waals surface area contributed by atoms with Gasteiger partial charge >= 0.3 is 29.8 Å². The summed E-state index contributed by atoms with van der Waals surface area (Å²) < 4.78 is 25.7. The summed E-state index contributed by atoms with van der Waals surface area (Å²) in [5, 5.41) is 0. The fourth-order valence-corrected chi connectivity index (χ4v) is 2.70. The standard InChI is InChI=1S/C20H26O10/c1-11(26-12(2)21)19(29-15(5)24)10-16(27-13(3)22)6-7-18-17(28-14(4)23)8-9-20(25)30-18/h6-9,11,16-19H,10H2,1-5H3/b7-6-/t11-,16+,17-,18-,19+/m0/s1. The number of ether oxygens (including phenoxy) is 5. The molecule has 0 saturated carbocycles. The van der Waals surface area contributed by atoms with Gasteiger partial charge in [0.2, 0.25) is 0 Å². The molecule has 0 bridgehead atoms. The minimum atomic E-state index is -0.942. The molecule has 10 nitrogen and oxygen atoms in total. The smallest absolute Gasteiger partial charge is 0.331 e. The van der Waals surface area contributed by atoms with Crippen LogP contribution in [0.5, 0.6) is 0 Å². The van der Waals surface area contributed by atoms with Gasteiger partial charge in [0.05, 0.1) is 0 Å². The maximum Gasteiger partial charge on any atom is 0.331 e. The summed E-state index contributed by atoms with van der Waals surface area (Å²) in [6.07, 6.45) is 0.913. The molecule has 0 spiro atoms. The molecular weight excluding hydrogens is 400 g/mol. The molecule has 0 aromatic rings. The highest BCUT2D eigenvalue weighted by Gasteiger charge is 2.30. The number of hydrogen-bond acceptors (Lipinski definition) is 10. The molecule has 0 aliphatic carbocycles. The molecule has 5 atom stereocenters. The lowest BCUT2D eigenvalue weighted by molar-refractivity contribution is -0.167. The molecule has 0 aromatic carbocycles. The van der Waals surface area contributed by atoms with E-state index in [1.807, 2.05) is 0 Å². The molecule has 0 amide bonds. The Morgan fingerprint density at radius 1 is 1.00 bits per heavy atom. The maximum atomic E-state index is 11.5. The Bertz CT molecular complexity index is 723. The summed E-state index contributed by atoms with van der Waals surface area (Å²) >= 11 is 0. The van der Waals surface area contributed by atoms with Gasteiger partial charge in [-0.25, -0.2) is 4.79 Å². The van der Waals surface area contributed by atoms with Crippen LogP contribution in [0.15, 0.2) is 24.3 Å². The van der Waals surface area contributed by atoms with Gasteiger partial charge in [0.1, 0.15) is 18.3 Å². The van der Waals surface area contributed by atoms with Crippen molar-refractivity contribution in [2.24, 2.45) is 0 Å². The molecule has 0 saturated heterocycles. The second-order valence-corrected chi connectivity index (χ2v) is 6.57. The summed E-state index contributed by atoms with van der Waals surface area (Å²) in [5.41, 5.74) is 0. The molecule has 0 radical (unpaired) electrons. The third-order valence-corrected chi connectivity index (χ3v) is 3.79. The van der Waals surface area contributed by atoms with Gasteiger partial charge in [0.15, 0.2) is 12.2 Å². The number of rotatable bonds is 9. The van der Waals surface area contributed by atoms with E-state index in [4.69, 9.17) is 23.7 Å². The molecule has 1 rings (SSSR count). The van der Waals surface area contributed by atoms with Crippen LogP contribution in [0.4, 0.5) is 0 Å². The third-order valence-electron chi connectivity index (χ3n) is 3.79. The second kappa shape index (κ2) is 11.7. The molecule has 0 fully saturated rings. The molecular formula is C20H26O10. The number of esters is 5. The maximum absolute atomic E-state index is 11.5. The van der Waals surface area contributed by atoms with Crippen LogP contribution >= 0.6 is 0 Å². The minimum absolute atomic E-state index is 0.0289. The molecule has 10 heteroatoms. The van der Waals surface area contributed by atoms with Crippen LogP contribution in [0.1, 0.15) is 41.0 Å². The van der Waals surface area contributed by atoms with E-state index < -0.39 is 60.4 Å². The van der Waals surface area contributed by atoms with E-state index in [9.17, 15) is 24.0 Å². The van der Waals surface area contributed by atoms with Gasteiger partial charge in [-0.1, -0.05) is 0 Å². The van der Waals surface area contributed by atoms with Gasteiger partial charge < -0.3 is 23.7 Å². The van der Waals surface area contributed by atoms with E-state index in [1.165, 1.54) is 52.8 Å². The first-order valence-corrected chi connectivity index (χ1v) is 9.24. The van der Waals surface area contributed by atoms with E-state index in [1.54, 1.807) is 0 Å². The van der Waals surface area contributed by atoms with Gasteiger partial charge in [-0.15, -0.1) is 0 Å². The van der Waals surface area contributed by atoms with Crippen molar-refractivity contribution in [2.75, 3.05) is 0 Å². The van der Waals surface area contributed by atoms with Crippen molar-refractivity contribution in [1.29, 1.82) is 0 Å². The highest BCUT2D eigenvalue weighted by molar-refractivity contribution is 5.83. The van der Waals surface area contributed by atoms with Crippen LogP contribution in [0.25, 0.3) is 0 Å². The van der Waals surface area contributed by atoms with E-state index in [0.29, 0.717) is 0 Å². The van der Waals surface area contributed by atoms with Crippen molar-refractivity contribution in [1.82, 2.24) is 0 Å². The Kier molecular flexibility index (Phi) is 9.73. The first kappa shape index (κ1) is 24.9. The molecule has 0 aromatic heterocycles. The fourth-order valence-electron chi connectivity index (χ4n) is 2.70. The van der Waals surface area contributed by atoms with Gasteiger partial charge in [0, 0.05) is 40.2 Å². The second-order valence-electron chi connectivity index (χ2n) is 6.57. The largest absolute Gasteiger partial charge is 0.459 e. The number of carbonyl (C=O) groups is 5. The summed E-state index contributed by atoms with van der Waals surface area (Å²) in [6.45, 7) is 6.36. The predicted octanol–water partition coefficient (Wildman–Crippen LogP) is 1.16. The van der Waals surface area contributed by atoms with Crippen molar-refractivity contribution in [2.45, 2.75) is 71.6 Å². The lowest BCUT2D eigenvalue weighted by Crippen LogP contribution is -2.37. The first-order chi connectivity index (χ1) is 14.0. The Hall–Kier alpha value is -3.17. The Labute approximate surface area is 174 Å². The summed E-state index contributed by atoms with van der Waals surface area (Å²) in [7, 11) is 0. The van der Waals surface area contributed by atoms with Crippen molar-refractivity contribution in [3.05, 3.63) is 24.3 Å². The van der Waals surface area contributed by atoms with Gasteiger partial charge in [-0.2, -0.15) is 0 Å². The van der Waals surface area contributed by atoms with E-state index in [-0.39, 0.29) is 6.42 Å². The fraction of sp³-hybridized carbons (Fsp3) is 0.550. The third kappa shape index (κ3) is 9.35. The summed E-state index contributed by atoms with van der Waals surface area (Å²) in [4.78, 5) is 57.0. The topological polar surface area (TPSA) is 132 Å². The van der Waals surface area contributed by atoms with Crippen LogP contribution in [-0.2, 0) is 47.7 Å². The number of cyclic esters (lactones) is 1. The molecule has 166 valence electrons. The molecule has 0 unspecified atom stereocenters. The molecule has 30 heavy (non-hydrogen) atoms. The minimum Gasteiger partial charge on any atom is -0.459 e. The lowest BCUT2D eigenvalue weighted by atomic mass is 10.0. The Balaban J connectivity index is 3.02. The summed E-state index contributed by atoms with van der Waals surface area (Å²) in [5.74, 6) is -2.97. The summed E-state index contributed by atoms with van der Waals surface area (Å²) in [6, 6.07) is 0. The van der Waals surface area contributed by atoms with Crippen LogP contribution in [0, 0.1) is 0 Å². The number of carbonyl (C=O) groups excluding carboxylic acids is 5. The van der Waals surface area contributed by atoms with Crippen molar-refractivity contribution < 1.29 is 47.7 Å². The zero-order valence-corrected chi connectivity index (χ0v) is 17.5. The van der Waals surface area contributed by atoms with Crippen LogP contribution in [0.2, 0.25) is 0 Å². The Morgan fingerprint density at radius 2 is 1.60 bits per heavy atom. The van der Waals surface area contributed by atoms with Crippen molar-refractivity contribution in [3.63, 3.8) is 0 Å². The average molecular weight is 426 g/mol. The molecule has 1 heterocycles. The molecule has 1 aliphatic rings. The first-order valence-electron chi connectivity index (χ1n) is 9.24. The zero-order valence-electron chi connectivity index (χ0n) is 17.5. The average Bonchev–Trinajstić information content (AvgIpc) is 2.59. The van der Waals surface area contributed by atoms with Gasteiger partial charge in [0.25, 0.3) is 0 Å². The normalized spacial score (nSPS) is 21.2. The monoisotopic (exact) mass is 426 g/mol. The van der Waals surface area contributed by atoms with Crippen LogP contribution < -0.4 is 0 Å². The van der Waals surface area contributed by atoms with Crippen molar-refractivity contribution >= 4 is 29.8 Å². The quantitative estimate of drug-likeness (QED) is 0.300.